The van der Waals surface area contributed by atoms with Gasteiger partial charge >= 0.3 is 0 Å². The van der Waals surface area contributed by atoms with E-state index < -0.39 is 15.9 Å². The molecule has 0 saturated carbocycles. The van der Waals surface area contributed by atoms with Gasteiger partial charge in [-0.1, -0.05) is 35.9 Å². The van der Waals surface area contributed by atoms with Gasteiger partial charge in [0.1, 0.15) is 0 Å². The number of amides is 2. The number of sulfonamides is 1. The van der Waals surface area contributed by atoms with Crippen molar-refractivity contribution in [3.63, 3.8) is 0 Å². The Labute approximate surface area is 204 Å². The van der Waals surface area contributed by atoms with Gasteiger partial charge in [0.05, 0.1) is 10.6 Å². The number of carbonyl (C=O) groups excluding carboxylic acids is 2. The molecule has 4 rings (SSSR count). The number of nitrogens with zero attached hydrogens (tertiary/aromatic N) is 2. The van der Waals surface area contributed by atoms with E-state index in [4.69, 9.17) is 11.6 Å². The lowest BCUT2D eigenvalue weighted by Gasteiger charge is -2.20. The molecular weight excluding hydrogens is 474 g/mol. The van der Waals surface area contributed by atoms with E-state index in [2.05, 4.69) is 5.32 Å². The van der Waals surface area contributed by atoms with Crippen molar-refractivity contribution in [1.82, 2.24) is 4.90 Å². The number of halogens is 1. The van der Waals surface area contributed by atoms with Crippen LogP contribution in [0.15, 0.2) is 77.7 Å². The van der Waals surface area contributed by atoms with Crippen LogP contribution < -0.4 is 9.62 Å². The monoisotopic (exact) mass is 497 g/mol. The van der Waals surface area contributed by atoms with Gasteiger partial charge in [0, 0.05) is 42.8 Å². The Morgan fingerprint density at radius 3 is 2.56 bits per heavy atom. The van der Waals surface area contributed by atoms with Gasteiger partial charge in [-0.05, 0) is 60.5 Å². The molecule has 0 unspecified atom stereocenters. The molecule has 0 bridgehead atoms. The second kappa shape index (κ2) is 9.87. The average molecular weight is 498 g/mol. The molecule has 3 aromatic rings. The Kier molecular flexibility index (Phi) is 6.90. The molecule has 3 aromatic carbocycles. The first kappa shape index (κ1) is 23.8. The minimum atomic E-state index is -3.91. The van der Waals surface area contributed by atoms with Crippen LogP contribution in [0.4, 0.5) is 11.4 Å². The van der Waals surface area contributed by atoms with Gasteiger partial charge in [-0.2, -0.15) is 0 Å². The van der Waals surface area contributed by atoms with Crippen LogP contribution in [0.5, 0.6) is 0 Å². The van der Waals surface area contributed by atoms with Crippen LogP contribution in [-0.2, 0) is 21.4 Å². The van der Waals surface area contributed by atoms with E-state index in [0.29, 0.717) is 29.4 Å². The first-order chi connectivity index (χ1) is 16.2. The summed E-state index contributed by atoms with van der Waals surface area (Å²) in [6.45, 7) is 1.23. The molecule has 7 nitrogen and oxygen atoms in total. The number of hydrogen-bond donors (Lipinski definition) is 1. The van der Waals surface area contributed by atoms with Crippen molar-refractivity contribution in [3.8, 4) is 0 Å². The Bertz CT molecular complexity index is 1340. The molecule has 176 valence electrons. The normalized spacial score (nSPS) is 13.7. The van der Waals surface area contributed by atoms with Crippen molar-refractivity contribution in [2.75, 3.05) is 23.2 Å². The summed E-state index contributed by atoms with van der Waals surface area (Å²) in [6, 6.07) is 19.7. The fourth-order valence-electron chi connectivity index (χ4n) is 3.81. The first-order valence-electron chi connectivity index (χ1n) is 10.8. The fraction of sp³-hybridized carbons (Fsp3) is 0.200. The van der Waals surface area contributed by atoms with Gasteiger partial charge in [-0.3, -0.25) is 13.9 Å². The van der Waals surface area contributed by atoms with Crippen molar-refractivity contribution < 1.29 is 18.0 Å². The highest BCUT2D eigenvalue weighted by atomic mass is 35.5. The molecule has 0 spiro atoms. The number of benzene rings is 3. The van der Waals surface area contributed by atoms with Gasteiger partial charge in [0.15, 0.2) is 0 Å². The fourth-order valence-corrected chi connectivity index (χ4v) is 5.23. The highest BCUT2D eigenvalue weighted by Crippen LogP contribution is 2.25. The van der Waals surface area contributed by atoms with Crippen LogP contribution in [0, 0.1) is 0 Å². The standard InChI is InChI=1S/C25H24ClN3O4S/c1-28(22-10-4-8-20(26)16-22)34(32,33)23-11-3-7-19(15-23)25(31)27-21-9-2-6-18(14-21)17-29-13-5-12-24(29)30/h2-4,6-11,14-16H,5,12-13,17H2,1H3,(H,27,31). The smallest absolute Gasteiger partial charge is 0.264 e. The third kappa shape index (κ3) is 5.24. The van der Waals surface area contributed by atoms with Gasteiger partial charge in [-0.25, -0.2) is 8.42 Å². The van der Waals surface area contributed by atoms with Crippen LogP contribution >= 0.6 is 11.6 Å². The molecule has 2 amide bonds. The second-order valence-electron chi connectivity index (χ2n) is 8.05. The SMILES string of the molecule is CN(c1cccc(Cl)c1)S(=O)(=O)c1cccc(C(=O)Nc2cccc(CN3CCCC3=O)c2)c1. The van der Waals surface area contributed by atoms with E-state index in [9.17, 15) is 18.0 Å². The summed E-state index contributed by atoms with van der Waals surface area (Å²) in [5.74, 6) is -0.299. The number of hydrogen-bond acceptors (Lipinski definition) is 4. The highest BCUT2D eigenvalue weighted by Gasteiger charge is 2.23. The highest BCUT2D eigenvalue weighted by molar-refractivity contribution is 7.92. The molecule has 1 N–H and O–H groups in total. The van der Waals surface area contributed by atoms with Crippen LogP contribution in [-0.4, -0.2) is 38.7 Å². The van der Waals surface area contributed by atoms with Crippen molar-refractivity contribution in [2.24, 2.45) is 0 Å². The van der Waals surface area contributed by atoms with Gasteiger partial charge in [0.2, 0.25) is 5.91 Å². The third-order valence-electron chi connectivity index (χ3n) is 5.66. The second-order valence-corrected chi connectivity index (χ2v) is 10.5. The van der Waals surface area contributed by atoms with E-state index in [1.807, 2.05) is 18.2 Å². The third-order valence-corrected chi connectivity index (χ3v) is 7.67. The Morgan fingerprint density at radius 2 is 1.82 bits per heavy atom. The lowest BCUT2D eigenvalue weighted by atomic mass is 10.1. The van der Waals surface area contributed by atoms with E-state index in [1.165, 1.54) is 25.2 Å². The number of likely N-dealkylation sites (tertiary alicyclic amines) is 1. The molecule has 34 heavy (non-hydrogen) atoms. The summed E-state index contributed by atoms with van der Waals surface area (Å²) >= 11 is 6.00. The average Bonchev–Trinajstić information content (AvgIpc) is 3.23. The van der Waals surface area contributed by atoms with E-state index in [-0.39, 0.29) is 16.4 Å². The predicted octanol–water partition coefficient (Wildman–Crippen LogP) is 4.54. The lowest BCUT2D eigenvalue weighted by Crippen LogP contribution is -2.27. The van der Waals surface area contributed by atoms with Crippen molar-refractivity contribution in [2.45, 2.75) is 24.3 Å². The molecule has 1 saturated heterocycles. The molecule has 0 atom stereocenters. The lowest BCUT2D eigenvalue weighted by molar-refractivity contribution is -0.128. The molecule has 0 radical (unpaired) electrons. The zero-order valence-electron chi connectivity index (χ0n) is 18.6. The van der Waals surface area contributed by atoms with Gasteiger partial charge in [-0.15, -0.1) is 0 Å². The number of rotatable bonds is 7. The van der Waals surface area contributed by atoms with Crippen molar-refractivity contribution >= 4 is 44.8 Å². The summed E-state index contributed by atoms with van der Waals surface area (Å²) in [5.41, 5.74) is 2.10. The molecule has 1 heterocycles. The molecule has 0 aromatic heterocycles. The van der Waals surface area contributed by atoms with Crippen LogP contribution in [0.2, 0.25) is 5.02 Å². The van der Waals surface area contributed by atoms with Crippen molar-refractivity contribution in [1.29, 1.82) is 0 Å². The molecule has 9 heteroatoms. The van der Waals surface area contributed by atoms with Crippen molar-refractivity contribution in [3.05, 3.63) is 88.9 Å². The largest absolute Gasteiger partial charge is 0.338 e. The molecule has 1 aliphatic rings. The molecule has 0 aliphatic carbocycles. The topological polar surface area (TPSA) is 86.8 Å². The van der Waals surface area contributed by atoms with E-state index in [0.717, 1.165) is 22.8 Å². The van der Waals surface area contributed by atoms with Gasteiger partial charge < -0.3 is 10.2 Å². The maximum atomic E-state index is 13.1. The summed E-state index contributed by atoms with van der Waals surface area (Å²) in [6.07, 6.45) is 1.43. The van der Waals surface area contributed by atoms with Crippen LogP contribution in [0.1, 0.15) is 28.8 Å². The van der Waals surface area contributed by atoms with Gasteiger partial charge in [0.25, 0.3) is 15.9 Å². The summed E-state index contributed by atoms with van der Waals surface area (Å²) in [4.78, 5) is 26.6. The van der Waals surface area contributed by atoms with E-state index >= 15 is 0 Å². The maximum Gasteiger partial charge on any atom is 0.264 e. The summed E-state index contributed by atoms with van der Waals surface area (Å²) in [5, 5.41) is 3.23. The molecule has 1 aliphatic heterocycles. The number of nitrogens with one attached hydrogen (secondary N) is 1. The maximum absolute atomic E-state index is 13.1. The zero-order chi connectivity index (χ0) is 24.3. The Morgan fingerprint density at radius 1 is 1.06 bits per heavy atom. The number of anilines is 2. The van der Waals surface area contributed by atoms with Crippen LogP contribution in [0.25, 0.3) is 0 Å². The molecule has 1 fully saturated rings. The zero-order valence-corrected chi connectivity index (χ0v) is 20.1. The Balaban J connectivity index is 1.51. The van der Waals surface area contributed by atoms with Crippen LogP contribution in [0.3, 0.4) is 0 Å². The quantitative estimate of drug-likeness (QED) is 0.519. The predicted molar refractivity (Wildman–Crippen MR) is 133 cm³/mol. The minimum Gasteiger partial charge on any atom is -0.338 e. The summed E-state index contributed by atoms with van der Waals surface area (Å²) < 4.78 is 27.4. The van der Waals surface area contributed by atoms with E-state index in [1.54, 1.807) is 41.3 Å². The first-order valence-corrected chi connectivity index (χ1v) is 12.6. The molecular formula is C25H24ClN3O4S. The summed E-state index contributed by atoms with van der Waals surface area (Å²) in [7, 11) is -2.47. The minimum absolute atomic E-state index is 0.0103. The number of carbonyl (C=O) groups is 2. The Hall–Kier alpha value is -3.36.